The number of fused-ring (bicyclic) bond motifs is 3. The van der Waals surface area contributed by atoms with Crippen molar-refractivity contribution in [3.8, 4) is 22.4 Å². The molecule has 0 N–H and O–H groups in total. The van der Waals surface area contributed by atoms with Crippen molar-refractivity contribution in [3.05, 3.63) is 90.1 Å². The molecule has 1 fully saturated rings. The van der Waals surface area contributed by atoms with Crippen LogP contribution in [0.1, 0.15) is 62.0 Å². The fraction of sp³-hybridized carbons (Fsp3) is 0.281. The van der Waals surface area contributed by atoms with Gasteiger partial charge in [-0.15, -0.1) is 0 Å². The largest absolute Gasteiger partial charge is 0.455 e. The van der Waals surface area contributed by atoms with Crippen molar-refractivity contribution in [1.82, 2.24) is 4.98 Å². The van der Waals surface area contributed by atoms with Gasteiger partial charge in [0, 0.05) is 28.0 Å². The Morgan fingerprint density at radius 2 is 1.62 bits per heavy atom. The van der Waals surface area contributed by atoms with Gasteiger partial charge in [0.05, 0.1) is 5.69 Å². The lowest BCUT2D eigenvalue weighted by atomic mass is 9.71. The van der Waals surface area contributed by atoms with E-state index in [1.54, 1.807) is 18.3 Å². The van der Waals surface area contributed by atoms with E-state index in [1.807, 2.05) is 36.4 Å². The topological polar surface area (TPSA) is 26.0 Å². The number of hydrogen-bond donors (Lipinski definition) is 0. The summed E-state index contributed by atoms with van der Waals surface area (Å²) in [6.45, 7) is 2.34. The highest BCUT2D eigenvalue weighted by molar-refractivity contribution is 6.10. The summed E-state index contributed by atoms with van der Waals surface area (Å²) in [6, 6.07) is 23.6. The highest BCUT2D eigenvalue weighted by Gasteiger charge is 2.27. The molecular formula is C32H31NO. The van der Waals surface area contributed by atoms with Gasteiger partial charge in [-0.25, -0.2) is 0 Å². The Morgan fingerprint density at radius 3 is 2.38 bits per heavy atom. The molecule has 3 aromatic carbocycles. The molecule has 1 saturated carbocycles. The fourth-order valence-corrected chi connectivity index (χ4v) is 5.19. The molecule has 2 heterocycles. The van der Waals surface area contributed by atoms with Crippen LogP contribution in [0.25, 0.3) is 44.3 Å². The second-order valence-corrected chi connectivity index (χ2v) is 10.2. The first-order valence-corrected chi connectivity index (χ1v) is 12.1. The van der Waals surface area contributed by atoms with E-state index in [9.17, 15) is 0 Å². The molecule has 2 aromatic heterocycles. The van der Waals surface area contributed by atoms with Gasteiger partial charge < -0.3 is 4.42 Å². The molecule has 0 bridgehead atoms. The number of pyridine rings is 1. The van der Waals surface area contributed by atoms with Crippen molar-refractivity contribution in [2.24, 2.45) is 5.41 Å². The standard InChI is InChI=1S/C32H31NO/c1-21-6-4-7-26-27-8-5-9-28(31(27)34-30(21)26)29-20-25(16-19-33-29)23-12-10-22(11-13-23)24-14-17-32(2,3)18-15-24/h4-13,16,19-20,24H,14-15,17-18H2,1-3H3/i1D3,24D. The first-order valence-electron chi connectivity index (χ1n) is 14.1. The third-order valence-corrected chi connectivity index (χ3v) is 7.39. The molecule has 0 spiro atoms. The van der Waals surface area contributed by atoms with E-state index in [0.717, 1.165) is 64.4 Å². The summed E-state index contributed by atoms with van der Waals surface area (Å²) in [7, 11) is 0. The number of rotatable bonds is 3. The molecule has 0 unspecified atom stereocenters. The van der Waals surface area contributed by atoms with E-state index in [1.165, 1.54) is 0 Å². The maximum Gasteiger partial charge on any atom is 0.144 e. The Balaban J connectivity index is 1.37. The first-order chi connectivity index (χ1) is 18.0. The molecule has 0 saturated heterocycles. The Hall–Kier alpha value is -3.39. The Bertz CT molecular complexity index is 1640. The van der Waals surface area contributed by atoms with Crippen molar-refractivity contribution in [1.29, 1.82) is 0 Å². The van der Waals surface area contributed by atoms with E-state index in [4.69, 9.17) is 9.90 Å². The van der Waals surface area contributed by atoms with E-state index in [-0.39, 0.29) is 5.56 Å². The van der Waals surface area contributed by atoms with Crippen LogP contribution in [0.15, 0.2) is 83.4 Å². The van der Waals surface area contributed by atoms with E-state index < -0.39 is 12.7 Å². The van der Waals surface area contributed by atoms with E-state index in [0.29, 0.717) is 16.6 Å². The first kappa shape index (κ1) is 17.1. The minimum absolute atomic E-state index is 0.215. The molecule has 5 aromatic rings. The SMILES string of the molecule is [2H]C([2H])([2H])c1cccc2c1oc1c(-c3cc(-c4ccc(C5([2H])CCC(C)(C)CC5)cc4)ccn3)cccc12. The van der Waals surface area contributed by atoms with E-state index in [2.05, 4.69) is 43.1 Å². The monoisotopic (exact) mass is 449 g/mol. The second kappa shape index (κ2) is 8.13. The van der Waals surface area contributed by atoms with Crippen LogP contribution in [0.2, 0.25) is 0 Å². The summed E-state index contributed by atoms with van der Waals surface area (Å²) in [6.07, 6.45) is 5.73. The quantitative estimate of drug-likeness (QED) is 0.274. The van der Waals surface area contributed by atoms with Crippen LogP contribution in [-0.4, -0.2) is 4.98 Å². The summed E-state index contributed by atoms with van der Waals surface area (Å²) in [4.78, 5) is 4.64. The van der Waals surface area contributed by atoms with Crippen LogP contribution < -0.4 is 0 Å². The van der Waals surface area contributed by atoms with Gasteiger partial charge in [-0.1, -0.05) is 68.4 Å². The van der Waals surface area contributed by atoms with Gasteiger partial charge in [-0.05, 0) is 84.3 Å². The smallest absolute Gasteiger partial charge is 0.144 e. The van der Waals surface area contributed by atoms with Crippen molar-refractivity contribution in [2.75, 3.05) is 0 Å². The molecule has 0 radical (unpaired) electrons. The lowest BCUT2D eigenvalue weighted by Crippen LogP contribution is -2.20. The van der Waals surface area contributed by atoms with E-state index >= 15 is 0 Å². The number of benzene rings is 3. The lowest BCUT2D eigenvalue weighted by Gasteiger charge is -2.34. The van der Waals surface area contributed by atoms with Crippen molar-refractivity contribution in [3.63, 3.8) is 0 Å². The van der Waals surface area contributed by atoms with Crippen LogP contribution in [0.4, 0.5) is 0 Å². The highest BCUT2D eigenvalue weighted by Crippen LogP contribution is 2.43. The molecule has 0 atom stereocenters. The molecule has 6 rings (SSSR count). The second-order valence-electron chi connectivity index (χ2n) is 10.2. The summed E-state index contributed by atoms with van der Waals surface area (Å²) >= 11 is 0. The zero-order valence-electron chi connectivity index (χ0n) is 23.7. The normalized spacial score (nSPS) is 19.4. The van der Waals surface area contributed by atoms with Gasteiger partial charge in [0.15, 0.2) is 0 Å². The predicted molar refractivity (Wildman–Crippen MR) is 142 cm³/mol. The van der Waals surface area contributed by atoms with Gasteiger partial charge in [-0.3, -0.25) is 4.98 Å². The average molecular weight is 450 g/mol. The minimum Gasteiger partial charge on any atom is -0.455 e. The summed E-state index contributed by atoms with van der Waals surface area (Å²) in [5.74, 6) is -0.512. The van der Waals surface area contributed by atoms with Gasteiger partial charge in [0.25, 0.3) is 0 Å². The highest BCUT2D eigenvalue weighted by atomic mass is 16.3. The number of hydrogen-bond acceptors (Lipinski definition) is 2. The summed E-state index contributed by atoms with van der Waals surface area (Å²) < 4.78 is 39.1. The van der Waals surface area contributed by atoms with Gasteiger partial charge in [-0.2, -0.15) is 0 Å². The lowest BCUT2D eigenvalue weighted by molar-refractivity contribution is 0.224. The molecule has 34 heavy (non-hydrogen) atoms. The van der Waals surface area contributed by atoms with Crippen LogP contribution in [0.3, 0.4) is 0 Å². The molecular weight excluding hydrogens is 414 g/mol. The van der Waals surface area contributed by atoms with Crippen LogP contribution in [-0.2, 0) is 0 Å². The van der Waals surface area contributed by atoms with Crippen molar-refractivity contribution < 1.29 is 9.90 Å². The fourth-order valence-electron chi connectivity index (χ4n) is 5.19. The Labute approximate surface area is 207 Å². The maximum absolute atomic E-state index is 9.08. The molecule has 1 aliphatic rings. The number of aromatic nitrogens is 1. The molecule has 0 amide bonds. The third kappa shape index (κ3) is 3.72. The van der Waals surface area contributed by atoms with Crippen LogP contribution in [0, 0.1) is 12.3 Å². The minimum atomic E-state index is -2.26. The molecule has 1 aliphatic carbocycles. The zero-order chi connectivity index (χ0) is 26.7. The van der Waals surface area contributed by atoms with Gasteiger partial charge >= 0.3 is 0 Å². The number of nitrogens with zero attached hydrogens (tertiary/aromatic N) is 1. The van der Waals surface area contributed by atoms with Crippen LogP contribution in [0.5, 0.6) is 0 Å². The Kier molecular flexibility index (Phi) is 4.09. The predicted octanol–water partition coefficient (Wildman–Crippen LogP) is 9.31. The molecule has 2 heteroatoms. The molecule has 2 nitrogen and oxygen atoms in total. The third-order valence-electron chi connectivity index (χ3n) is 7.39. The number of furan rings is 1. The molecule has 170 valence electrons. The van der Waals surface area contributed by atoms with Crippen molar-refractivity contribution in [2.45, 2.75) is 52.3 Å². The number of aryl methyl sites for hydroxylation is 1. The number of para-hydroxylation sites is 2. The Morgan fingerprint density at radius 1 is 0.882 bits per heavy atom. The molecule has 0 aliphatic heterocycles. The van der Waals surface area contributed by atoms with Crippen molar-refractivity contribution >= 4 is 21.9 Å². The maximum atomic E-state index is 9.08. The van der Waals surface area contributed by atoms with Gasteiger partial charge in [0.1, 0.15) is 11.2 Å². The summed E-state index contributed by atoms with van der Waals surface area (Å²) in [5.41, 5.74) is 6.35. The van der Waals surface area contributed by atoms with Gasteiger partial charge in [0.2, 0.25) is 0 Å². The summed E-state index contributed by atoms with van der Waals surface area (Å²) in [5, 5.41) is 1.66. The van der Waals surface area contributed by atoms with Crippen LogP contribution >= 0.6 is 0 Å². The zero-order valence-corrected chi connectivity index (χ0v) is 19.7. The average Bonchev–Trinajstić information content (AvgIpc) is 3.29.